The van der Waals surface area contributed by atoms with Gasteiger partial charge in [0.25, 0.3) is 0 Å². The van der Waals surface area contributed by atoms with Crippen LogP contribution < -0.4 is 10.1 Å². The van der Waals surface area contributed by atoms with Gasteiger partial charge in [0.1, 0.15) is 5.75 Å². The van der Waals surface area contributed by atoms with Gasteiger partial charge in [-0.25, -0.2) is 4.98 Å². The van der Waals surface area contributed by atoms with E-state index in [9.17, 15) is 0 Å². The summed E-state index contributed by atoms with van der Waals surface area (Å²) in [5.41, 5.74) is 3.21. The fourth-order valence-electron chi connectivity index (χ4n) is 2.67. The Morgan fingerprint density at radius 2 is 1.88 bits per heavy atom. The molecule has 0 atom stereocenters. The molecule has 2 aromatic heterocycles. The number of aromatic nitrogens is 1. The lowest BCUT2D eigenvalue weighted by atomic mass is 10.1. The quantitative estimate of drug-likeness (QED) is 0.378. The smallest absolute Gasteiger partial charge is 0.187 e. The summed E-state index contributed by atoms with van der Waals surface area (Å²) in [4.78, 5) is 5.94. The van der Waals surface area contributed by atoms with Crippen molar-refractivity contribution >= 4 is 67.6 Å². The minimum Gasteiger partial charge on any atom is -0.497 e. The number of thiophene rings is 1. The second-order valence-corrected chi connectivity index (χ2v) is 7.93. The molecule has 0 bridgehead atoms. The van der Waals surface area contributed by atoms with E-state index >= 15 is 0 Å². The fourth-order valence-corrected chi connectivity index (χ4v) is 4.79. The van der Waals surface area contributed by atoms with Gasteiger partial charge in [-0.15, -0.1) is 35.1 Å². The van der Waals surface area contributed by atoms with Crippen LogP contribution in [0.25, 0.3) is 20.7 Å². The molecule has 134 valence electrons. The van der Waals surface area contributed by atoms with Crippen LogP contribution in [0, 0.1) is 6.92 Å². The molecule has 0 unspecified atom stereocenters. The Balaban J connectivity index is 0.00000196. The van der Waals surface area contributed by atoms with Gasteiger partial charge in [-0.05, 0) is 60.3 Å². The van der Waals surface area contributed by atoms with E-state index in [1.165, 1.54) is 20.5 Å². The van der Waals surface area contributed by atoms with Crippen LogP contribution in [-0.4, -0.2) is 12.1 Å². The number of hydrogen-bond acceptors (Lipinski definition) is 5. The minimum atomic E-state index is 0. The lowest BCUT2D eigenvalue weighted by molar-refractivity contribution is 0.415. The van der Waals surface area contributed by atoms with Gasteiger partial charge in [-0.3, -0.25) is 0 Å². The molecule has 3 nitrogen and oxygen atoms in total. The van der Waals surface area contributed by atoms with Crippen molar-refractivity contribution in [2.75, 3.05) is 12.4 Å². The predicted octanol–water partition coefficient (Wildman–Crippen LogP) is 7.16. The third kappa shape index (κ3) is 3.67. The highest BCUT2D eigenvalue weighted by molar-refractivity contribution is 7.23. The Morgan fingerprint density at radius 1 is 1.12 bits per heavy atom. The fraction of sp³-hybridized carbons (Fsp3) is 0.105. The third-order valence-electron chi connectivity index (χ3n) is 3.98. The number of anilines is 2. The molecule has 0 spiro atoms. The lowest BCUT2D eigenvalue weighted by Gasteiger charge is -2.03. The van der Waals surface area contributed by atoms with Crippen molar-refractivity contribution < 1.29 is 4.74 Å². The second kappa shape index (κ2) is 7.84. The van der Waals surface area contributed by atoms with Crippen LogP contribution in [-0.2, 0) is 0 Å². The molecule has 2 aromatic carbocycles. The monoisotopic (exact) mass is 422 g/mol. The molecule has 0 aliphatic rings. The number of fused-ring (bicyclic) bond motifs is 1. The first kappa shape index (κ1) is 19.0. The van der Waals surface area contributed by atoms with Crippen LogP contribution in [0.15, 0.2) is 47.8 Å². The van der Waals surface area contributed by atoms with E-state index in [-0.39, 0.29) is 12.4 Å². The Morgan fingerprint density at radius 3 is 2.62 bits per heavy atom. The molecular weight excluding hydrogens is 407 g/mol. The highest BCUT2D eigenvalue weighted by Gasteiger charge is 2.14. The molecule has 26 heavy (non-hydrogen) atoms. The molecule has 0 fully saturated rings. The normalized spacial score (nSPS) is 10.6. The number of benzene rings is 2. The molecule has 7 heteroatoms. The van der Waals surface area contributed by atoms with E-state index in [4.69, 9.17) is 21.3 Å². The summed E-state index contributed by atoms with van der Waals surface area (Å²) < 4.78 is 6.41. The zero-order valence-corrected chi connectivity index (χ0v) is 17.3. The van der Waals surface area contributed by atoms with Crippen LogP contribution in [0.5, 0.6) is 5.75 Å². The summed E-state index contributed by atoms with van der Waals surface area (Å²) >= 11 is 9.48. The Hall–Kier alpha value is -1.79. The van der Waals surface area contributed by atoms with E-state index in [2.05, 4.69) is 23.7 Å². The van der Waals surface area contributed by atoms with Crippen molar-refractivity contribution in [3.8, 4) is 16.3 Å². The summed E-state index contributed by atoms with van der Waals surface area (Å²) in [6, 6.07) is 13.8. The molecular formula is C19H16Cl2N2OS2. The van der Waals surface area contributed by atoms with Crippen LogP contribution in [0.1, 0.15) is 5.56 Å². The van der Waals surface area contributed by atoms with Gasteiger partial charge in [-0.2, -0.15) is 0 Å². The van der Waals surface area contributed by atoms with Crippen molar-refractivity contribution in [1.82, 2.24) is 4.98 Å². The Labute approximate surface area is 171 Å². The summed E-state index contributed by atoms with van der Waals surface area (Å²) in [6.07, 6.45) is 0. The lowest BCUT2D eigenvalue weighted by Crippen LogP contribution is -1.90. The molecule has 1 N–H and O–H groups in total. The second-order valence-electron chi connectivity index (χ2n) is 5.59. The van der Waals surface area contributed by atoms with Gasteiger partial charge in [0.05, 0.1) is 17.7 Å². The van der Waals surface area contributed by atoms with Crippen LogP contribution >= 0.6 is 46.7 Å². The maximum absolute atomic E-state index is 6.13. The van der Waals surface area contributed by atoms with E-state index < -0.39 is 0 Å². The first-order chi connectivity index (χ1) is 12.1. The van der Waals surface area contributed by atoms with Gasteiger partial charge in [0, 0.05) is 20.8 Å². The number of hydrogen-bond donors (Lipinski definition) is 1. The molecule has 0 aliphatic heterocycles. The molecule has 4 aromatic rings. The largest absolute Gasteiger partial charge is 0.497 e. The Bertz CT molecular complexity index is 1040. The van der Waals surface area contributed by atoms with Gasteiger partial charge in [0.2, 0.25) is 0 Å². The van der Waals surface area contributed by atoms with Crippen molar-refractivity contribution in [1.29, 1.82) is 0 Å². The predicted molar refractivity (Wildman–Crippen MR) is 116 cm³/mol. The van der Waals surface area contributed by atoms with E-state index in [0.717, 1.165) is 27.3 Å². The minimum absolute atomic E-state index is 0. The summed E-state index contributed by atoms with van der Waals surface area (Å²) in [6.45, 7) is 2.13. The summed E-state index contributed by atoms with van der Waals surface area (Å²) in [5, 5.41) is 8.27. The maximum Gasteiger partial charge on any atom is 0.187 e. The molecule has 0 amide bonds. The number of thiazole rings is 1. The van der Waals surface area contributed by atoms with Crippen LogP contribution in [0.2, 0.25) is 5.02 Å². The maximum atomic E-state index is 6.13. The zero-order valence-electron chi connectivity index (χ0n) is 14.1. The summed E-state index contributed by atoms with van der Waals surface area (Å²) in [5.74, 6) is 0.838. The number of rotatable bonds is 4. The molecule has 0 aliphatic carbocycles. The highest BCUT2D eigenvalue weighted by Crippen LogP contribution is 2.40. The van der Waals surface area contributed by atoms with Gasteiger partial charge >= 0.3 is 0 Å². The number of aryl methyl sites for hydroxylation is 1. The van der Waals surface area contributed by atoms with Gasteiger partial charge in [-0.1, -0.05) is 11.6 Å². The molecule has 0 radical (unpaired) electrons. The van der Waals surface area contributed by atoms with Crippen molar-refractivity contribution in [3.63, 3.8) is 0 Å². The SMILES string of the molecule is COc1ccc(Nc2nc(-c3sc4ccc(Cl)cc4c3C)cs2)cc1.Cl. The third-order valence-corrected chi connectivity index (χ3v) is 6.26. The van der Waals surface area contributed by atoms with E-state index in [0.29, 0.717) is 0 Å². The average Bonchev–Trinajstić information content (AvgIpc) is 3.20. The highest BCUT2D eigenvalue weighted by atomic mass is 35.5. The van der Waals surface area contributed by atoms with Crippen molar-refractivity contribution in [3.05, 3.63) is 58.4 Å². The van der Waals surface area contributed by atoms with Gasteiger partial charge < -0.3 is 10.1 Å². The van der Waals surface area contributed by atoms with Crippen LogP contribution in [0.4, 0.5) is 10.8 Å². The number of ether oxygens (including phenoxy) is 1. The average molecular weight is 423 g/mol. The summed E-state index contributed by atoms with van der Waals surface area (Å²) in [7, 11) is 1.66. The standard InChI is InChI=1S/C19H15ClN2OS2.ClH/c1-11-15-9-12(20)3-8-17(15)25-18(11)16-10-24-19(22-16)21-13-4-6-14(23-2)7-5-13;/h3-10H,1-2H3,(H,21,22);1H. The first-order valence-corrected chi connectivity index (χ1v) is 9.77. The van der Waals surface area contributed by atoms with Crippen molar-refractivity contribution in [2.24, 2.45) is 0 Å². The first-order valence-electron chi connectivity index (χ1n) is 7.69. The van der Waals surface area contributed by atoms with Gasteiger partial charge in [0.15, 0.2) is 5.13 Å². The van der Waals surface area contributed by atoms with E-state index in [1.54, 1.807) is 29.8 Å². The molecule has 2 heterocycles. The molecule has 4 rings (SSSR count). The molecule has 0 saturated heterocycles. The Kier molecular flexibility index (Phi) is 5.73. The molecule has 0 saturated carbocycles. The number of nitrogens with zero attached hydrogens (tertiary/aromatic N) is 1. The zero-order chi connectivity index (χ0) is 17.4. The van der Waals surface area contributed by atoms with E-state index in [1.807, 2.05) is 36.4 Å². The number of nitrogens with one attached hydrogen (secondary N) is 1. The number of halogens is 2. The van der Waals surface area contributed by atoms with Crippen molar-refractivity contribution in [2.45, 2.75) is 6.92 Å². The topological polar surface area (TPSA) is 34.1 Å². The number of methoxy groups -OCH3 is 1. The van der Waals surface area contributed by atoms with Crippen LogP contribution in [0.3, 0.4) is 0 Å².